The van der Waals surface area contributed by atoms with E-state index in [2.05, 4.69) is 45.1 Å². The first kappa shape index (κ1) is 47.9. The maximum Gasteiger partial charge on any atom is 0.306 e. The number of rotatable bonds is 38. The van der Waals surface area contributed by atoms with Crippen LogP contribution in [0.2, 0.25) is 0 Å². The van der Waals surface area contributed by atoms with E-state index in [9.17, 15) is 14.4 Å². The standard InChI is InChI=1S/C44H80O6/c1-4-7-10-13-16-18-20-22-23-25-26-28-31-34-37-43(46)49-40-41(39-48-42(45)36-33-30-15-12-9-6-3)50-44(47)38-35-32-29-27-24-21-19-17-14-11-8-5-2/h17,19-20,22,41H,4-16,18,21,23-40H2,1-3H3/b19-17-,22-20-. The largest absolute Gasteiger partial charge is 0.462 e. The van der Waals surface area contributed by atoms with Gasteiger partial charge in [-0.2, -0.15) is 0 Å². The normalized spacial score (nSPS) is 12.1. The molecule has 0 spiro atoms. The predicted molar refractivity (Wildman–Crippen MR) is 210 cm³/mol. The Kier molecular flexibility index (Phi) is 38.0. The summed E-state index contributed by atoms with van der Waals surface area (Å²) in [5, 5.41) is 0. The molecule has 0 aliphatic heterocycles. The van der Waals surface area contributed by atoms with Crippen molar-refractivity contribution in [3.8, 4) is 0 Å². The predicted octanol–water partition coefficient (Wildman–Crippen LogP) is 13.2. The summed E-state index contributed by atoms with van der Waals surface area (Å²) in [6.45, 7) is 6.52. The summed E-state index contributed by atoms with van der Waals surface area (Å²) < 4.78 is 16.6. The van der Waals surface area contributed by atoms with E-state index in [1.54, 1.807) is 0 Å². The first-order valence-electron chi connectivity index (χ1n) is 21.3. The molecule has 0 aliphatic rings. The molecule has 6 nitrogen and oxygen atoms in total. The summed E-state index contributed by atoms with van der Waals surface area (Å²) >= 11 is 0. The average Bonchev–Trinajstić information content (AvgIpc) is 3.11. The second-order valence-electron chi connectivity index (χ2n) is 14.3. The Balaban J connectivity index is 4.31. The van der Waals surface area contributed by atoms with Crippen LogP contribution in [0.4, 0.5) is 0 Å². The number of hydrogen-bond donors (Lipinski definition) is 0. The third-order valence-corrected chi connectivity index (χ3v) is 9.18. The molecule has 0 fully saturated rings. The highest BCUT2D eigenvalue weighted by molar-refractivity contribution is 5.71. The second-order valence-corrected chi connectivity index (χ2v) is 14.3. The molecule has 0 amide bonds. The molecule has 0 saturated carbocycles. The van der Waals surface area contributed by atoms with Gasteiger partial charge in [0.15, 0.2) is 6.10 Å². The van der Waals surface area contributed by atoms with Gasteiger partial charge in [0.2, 0.25) is 0 Å². The van der Waals surface area contributed by atoms with Crippen LogP contribution in [0.25, 0.3) is 0 Å². The number of unbranched alkanes of at least 4 members (excludes halogenated alkanes) is 23. The van der Waals surface area contributed by atoms with E-state index >= 15 is 0 Å². The number of carbonyl (C=O) groups is 3. The van der Waals surface area contributed by atoms with Crippen molar-refractivity contribution in [1.82, 2.24) is 0 Å². The lowest BCUT2D eigenvalue weighted by Gasteiger charge is -2.18. The van der Waals surface area contributed by atoms with E-state index in [1.807, 2.05) is 0 Å². The van der Waals surface area contributed by atoms with E-state index in [0.717, 1.165) is 77.0 Å². The molecular weight excluding hydrogens is 624 g/mol. The van der Waals surface area contributed by atoms with Gasteiger partial charge < -0.3 is 14.2 Å². The van der Waals surface area contributed by atoms with Gasteiger partial charge in [-0.05, 0) is 70.6 Å². The Bertz CT molecular complexity index is 819. The van der Waals surface area contributed by atoms with Crippen molar-refractivity contribution in [2.75, 3.05) is 13.2 Å². The van der Waals surface area contributed by atoms with Crippen LogP contribution in [0.5, 0.6) is 0 Å². The van der Waals surface area contributed by atoms with Crippen LogP contribution >= 0.6 is 0 Å². The van der Waals surface area contributed by atoms with Crippen LogP contribution < -0.4 is 0 Å². The zero-order valence-corrected chi connectivity index (χ0v) is 33.2. The summed E-state index contributed by atoms with van der Waals surface area (Å²) in [6.07, 6.45) is 41.7. The highest BCUT2D eigenvalue weighted by atomic mass is 16.6. The minimum absolute atomic E-state index is 0.0764. The molecule has 0 aromatic rings. The fourth-order valence-corrected chi connectivity index (χ4v) is 5.90. The van der Waals surface area contributed by atoms with E-state index in [0.29, 0.717) is 19.3 Å². The molecule has 0 bridgehead atoms. The second kappa shape index (κ2) is 39.7. The van der Waals surface area contributed by atoms with E-state index < -0.39 is 6.10 Å². The fraction of sp³-hybridized carbons (Fsp3) is 0.841. The van der Waals surface area contributed by atoms with Gasteiger partial charge in [0.05, 0.1) is 0 Å². The van der Waals surface area contributed by atoms with Crippen molar-refractivity contribution in [2.45, 2.75) is 226 Å². The lowest BCUT2D eigenvalue weighted by atomic mass is 10.1. The zero-order valence-electron chi connectivity index (χ0n) is 33.2. The van der Waals surface area contributed by atoms with Gasteiger partial charge in [-0.15, -0.1) is 0 Å². The fourth-order valence-electron chi connectivity index (χ4n) is 5.90. The summed E-state index contributed by atoms with van der Waals surface area (Å²) in [5.74, 6) is -0.904. The van der Waals surface area contributed by atoms with E-state index in [1.165, 1.54) is 103 Å². The van der Waals surface area contributed by atoms with Crippen LogP contribution in [-0.4, -0.2) is 37.2 Å². The maximum absolute atomic E-state index is 12.6. The summed E-state index contributed by atoms with van der Waals surface area (Å²) in [4.78, 5) is 37.4. The molecule has 0 aromatic carbocycles. The first-order valence-corrected chi connectivity index (χ1v) is 21.3. The van der Waals surface area contributed by atoms with E-state index in [-0.39, 0.29) is 31.1 Å². The molecule has 292 valence electrons. The third-order valence-electron chi connectivity index (χ3n) is 9.18. The van der Waals surface area contributed by atoms with Crippen LogP contribution in [0.3, 0.4) is 0 Å². The Hall–Kier alpha value is -2.11. The Morgan fingerprint density at radius 3 is 1.04 bits per heavy atom. The average molecular weight is 705 g/mol. The number of carbonyl (C=O) groups excluding carboxylic acids is 3. The number of allylic oxidation sites excluding steroid dienone is 4. The summed E-state index contributed by atoms with van der Waals surface area (Å²) in [6, 6.07) is 0. The van der Waals surface area contributed by atoms with Crippen molar-refractivity contribution in [2.24, 2.45) is 0 Å². The lowest BCUT2D eigenvalue weighted by Crippen LogP contribution is -2.30. The Morgan fingerprint density at radius 1 is 0.380 bits per heavy atom. The van der Waals surface area contributed by atoms with Crippen molar-refractivity contribution in [3.63, 3.8) is 0 Å². The molecule has 6 heteroatoms. The molecule has 0 aliphatic carbocycles. The Morgan fingerprint density at radius 2 is 0.660 bits per heavy atom. The van der Waals surface area contributed by atoms with Crippen LogP contribution in [0.15, 0.2) is 24.3 Å². The Labute approximate surface area is 309 Å². The third kappa shape index (κ3) is 37.2. The van der Waals surface area contributed by atoms with Crippen molar-refractivity contribution in [1.29, 1.82) is 0 Å². The topological polar surface area (TPSA) is 78.9 Å². The van der Waals surface area contributed by atoms with Gasteiger partial charge >= 0.3 is 17.9 Å². The van der Waals surface area contributed by atoms with Gasteiger partial charge in [0.1, 0.15) is 13.2 Å². The molecule has 0 N–H and O–H groups in total. The first-order chi connectivity index (χ1) is 24.5. The molecule has 0 heterocycles. The molecule has 0 aromatic heterocycles. The highest BCUT2D eigenvalue weighted by Gasteiger charge is 2.19. The van der Waals surface area contributed by atoms with Crippen molar-refractivity contribution >= 4 is 17.9 Å². The SMILES string of the molecule is CCCCC/C=C\CCCCCCCC(=O)OC(COC(=O)CCCCCCCC)COC(=O)CCCCCCC/C=C\CCCCCCC. The summed E-state index contributed by atoms with van der Waals surface area (Å²) in [7, 11) is 0. The highest BCUT2D eigenvalue weighted by Crippen LogP contribution is 2.13. The monoisotopic (exact) mass is 705 g/mol. The van der Waals surface area contributed by atoms with Gasteiger partial charge in [-0.25, -0.2) is 0 Å². The molecule has 0 rings (SSSR count). The number of esters is 3. The number of ether oxygens (including phenoxy) is 3. The smallest absolute Gasteiger partial charge is 0.306 e. The molecule has 0 radical (unpaired) electrons. The summed E-state index contributed by atoms with van der Waals surface area (Å²) in [5.41, 5.74) is 0. The zero-order chi connectivity index (χ0) is 36.6. The molecular formula is C44H80O6. The number of hydrogen-bond acceptors (Lipinski definition) is 6. The van der Waals surface area contributed by atoms with Gasteiger partial charge in [-0.3, -0.25) is 14.4 Å². The van der Waals surface area contributed by atoms with Crippen molar-refractivity contribution < 1.29 is 28.6 Å². The minimum atomic E-state index is -0.770. The molecule has 50 heavy (non-hydrogen) atoms. The van der Waals surface area contributed by atoms with Gasteiger partial charge in [0.25, 0.3) is 0 Å². The lowest BCUT2D eigenvalue weighted by molar-refractivity contribution is -0.167. The van der Waals surface area contributed by atoms with Crippen molar-refractivity contribution in [3.05, 3.63) is 24.3 Å². The van der Waals surface area contributed by atoms with Crippen LogP contribution in [0, 0.1) is 0 Å². The van der Waals surface area contributed by atoms with Gasteiger partial charge in [-0.1, -0.05) is 154 Å². The molecule has 1 unspecified atom stereocenters. The maximum atomic E-state index is 12.6. The minimum Gasteiger partial charge on any atom is -0.462 e. The quantitative estimate of drug-likeness (QED) is 0.0275. The van der Waals surface area contributed by atoms with Gasteiger partial charge in [0, 0.05) is 19.3 Å². The molecule has 0 saturated heterocycles. The van der Waals surface area contributed by atoms with E-state index in [4.69, 9.17) is 14.2 Å². The van der Waals surface area contributed by atoms with Crippen LogP contribution in [-0.2, 0) is 28.6 Å². The molecule has 1 atom stereocenters. The van der Waals surface area contributed by atoms with Crippen LogP contribution in [0.1, 0.15) is 220 Å².